The van der Waals surface area contributed by atoms with Gasteiger partial charge in [0.1, 0.15) is 0 Å². The molecule has 1 amide bonds. The Morgan fingerprint density at radius 1 is 1.30 bits per heavy atom. The van der Waals surface area contributed by atoms with Gasteiger partial charge in [-0.2, -0.15) is 24.9 Å². The number of halogens is 3. The highest BCUT2D eigenvalue weighted by Crippen LogP contribution is 2.31. The molecule has 2 rings (SSSR count). The summed E-state index contributed by atoms with van der Waals surface area (Å²) in [4.78, 5) is 13.8. The Bertz CT molecular complexity index is 468. The van der Waals surface area contributed by atoms with Crippen molar-refractivity contribution in [3.05, 3.63) is 35.4 Å². The molecule has 0 spiro atoms. The molecule has 0 aliphatic heterocycles. The molecule has 0 heterocycles. The second-order valence-corrected chi connectivity index (χ2v) is 5.75. The summed E-state index contributed by atoms with van der Waals surface area (Å²) in [5.41, 5.74) is 0.0778. The lowest BCUT2D eigenvalue weighted by atomic mass is 10.1. The summed E-state index contributed by atoms with van der Waals surface area (Å²) in [5.74, 6) is 0.469. The molecule has 0 unspecified atom stereocenters. The molecule has 1 fully saturated rings. The van der Waals surface area contributed by atoms with Crippen molar-refractivity contribution < 1.29 is 18.0 Å². The van der Waals surface area contributed by atoms with Gasteiger partial charge in [0.2, 0.25) is 5.91 Å². The Balaban J connectivity index is 2.05. The summed E-state index contributed by atoms with van der Waals surface area (Å²) >= 11 is 1.46. The largest absolute Gasteiger partial charge is 0.416 e. The summed E-state index contributed by atoms with van der Waals surface area (Å²) in [6.45, 7) is 0.391. The molecular formula is C14H16F3NOS. The highest BCUT2D eigenvalue weighted by Gasteiger charge is 2.33. The molecule has 1 aromatic rings. The van der Waals surface area contributed by atoms with E-state index in [1.54, 1.807) is 4.90 Å². The number of hydrogen-bond donors (Lipinski definition) is 0. The zero-order valence-corrected chi connectivity index (χ0v) is 11.9. The molecule has 0 saturated heterocycles. The van der Waals surface area contributed by atoms with Crippen LogP contribution in [0, 0.1) is 0 Å². The number of carbonyl (C=O) groups is 1. The van der Waals surface area contributed by atoms with E-state index in [-0.39, 0.29) is 11.9 Å². The van der Waals surface area contributed by atoms with E-state index in [1.807, 2.05) is 6.26 Å². The lowest BCUT2D eigenvalue weighted by Gasteiger charge is -2.22. The molecule has 1 saturated carbocycles. The minimum absolute atomic E-state index is 0.0555. The third kappa shape index (κ3) is 3.91. The van der Waals surface area contributed by atoms with Crippen LogP contribution in [0.3, 0.4) is 0 Å². The first-order valence-electron chi connectivity index (χ1n) is 6.36. The van der Waals surface area contributed by atoms with Crippen molar-refractivity contribution in [3.8, 4) is 0 Å². The first-order chi connectivity index (χ1) is 9.41. The molecule has 6 heteroatoms. The normalized spacial score (nSPS) is 15.2. The van der Waals surface area contributed by atoms with Gasteiger partial charge in [-0.3, -0.25) is 4.79 Å². The number of carbonyl (C=O) groups excluding carboxylic acids is 1. The monoisotopic (exact) mass is 303 g/mol. The number of nitrogens with zero attached hydrogens (tertiary/aromatic N) is 1. The molecule has 0 radical (unpaired) electrons. The molecular weight excluding hydrogens is 287 g/mol. The van der Waals surface area contributed by atoms with E-state index >= 15 is 0 Å². The maximum atomic E-state index is 12.5. The molecule has 0 atom stereocenters. The first-order valence-corrected chi connectivity index (χ1v) is 7.75. The Morgan fingerprint density at radius 2 is 1.90 bits per heavy atom. The van der Waals surface area contributed by atoms with Crippen LogP contribution in [0.1, 0.15) is 24.0 Å². The van der Waals surface area contributed by atoms with E-state index in [0.717, 1.165) is 30.5 Å². The molecule has 0 bridgehead atoms. The third-order valence-electron chi connectivity index (χ3n) is 3.21. The van der Waals surface area contributed by atoms with Gasteiger partial charge in [-0.15, -0.1) is 0 Å². The van der Waals surface area contributed by atoms with E-state index < -0.39 is 11.7 Å². The summed E-state index contributed by atoms with van der Waals surface area (Å²) in [5, 5.41) is 0. The fraction of sp³-hybridized carbons (Fsp3) is 0.500. The van der Waals surface area contributed by atoms with Crippen molar-refractivity contribution >= 4 is 17.7 Å². The Kier molecular flexibility index (Phi) is 4.62. The molecule has 1 aromatic carbocycles. The smallest absolute Gasteiger partial charge is 0.335 e. The van der Waals surface area contributed by atoms with E-state index in [1.165, 1.54) is 23.9 Å². The van der Waals surface area contributed by atoms with Crippen LogP contribution in [0.4, 0.5) is 13.2 Å². The Morgan fingerprint density at radius 3 is 2.35 bits per heavy atom. The van der Waals surface area contributed by atoms with E-state index in [4.69, 9.17) is 0 Å². The van der Waals surface area contributed by atoms with Crippen molar-refractivity contribution in [3.63, 3.8) is 0 Å². The Labute approximate surface area is 120 Å². The average molecular weight is 303 g/mol. The third-order valence-corrected chi connectivity index (χ3v) is 3.75. The summed E-state index contributed by atoms with van der Waals surface area (Å²) < 4.78 is 37.4. The maximum absolute atomic E-state index is 12.5. The summed E-state index contributed by atoms with van der Waals surface area (Å²) in [6, 6.07) is 5.30. The Hall–Kier alpha value is -1.17. The minimum atomic E-state index is -4.32. The van der Waals surface area contributed by atoms with E-state index in [9.17, 15) is 18.0 Å². The second-order valence-electron chi connectivity index (χ2n) is 4.88. The van der Waals surface area contributed by atoms with Crippen molar-refractivity contribution in [1.29, 1.82) is 0 Å². The topological polar surface area (TPSA) is 20.3 Å². The quantitative estimate of drug-likeness (QED) is 0.829. The molecule has 110 valence electrons. The number of amides is 1. The summed E-state index contributed by atoms with van der Waals surface area (Å²) in [6.07, 6.45) is -0.480. The van der Waals surface area contributed by atoms with Crippen molar-refractivity contribution in [2.24, 2.45) is 0 Å². The van der Waals surface area contributed by atoms with Gasteiger partial charge in [-0.25, -0.2) is 0 Å². The van der Waals surface area contributed by atoms with Gasteiger partial charge in [0.15, 0.2) is 0 Å². The number of thioether (sulfide) groups is 1. The number of hydrogen-bond acceptors (Lipinski definition) is 2. The second kappa shape index (κ2) is 6.08. The van der Waals surface area contributed by atoms with Gasteiger partial charge in [0, 0.05) is 12.6 Å². The van der Waals surface area contributed by atoms with Gasteiger partial charge in [0.05, 0.1) is 11.3 Å². The predicted octanol–water partition coefficient (Wildman–Crippen LogP) is 3.56. The minimum Gasteiger partial charge on any atom is -0.335 e. The fourth-order valence-corrected chi connectivity index (χ4v) is 2.42. The van der Waals surface area contributed by atoms with Crippen molar-refractivity contribution in [2.75, 3.05) is 12.0 Å². The van der Waals surface area contributed by atoms with Crippen LogP contribution in [-0.4, -0.2) is 28.9 Å². The molecule has 0 N–H and O–H groups in total. The number of benzene rings is 1. The SMILES string of the molecule is CSCC(=O)N(Cc1ccc(C(F)(F)F)cc1)C1CC1. The average Bonchev–Trinajstić information content (AvgIpc) is 3.20. The van der Waals surface area contributed by atoms with E-state index in [0.29, 0.717) is 12.3 Å². The highest BCUT2D eigenvalue weighted by atomic mass is 32.2. The zero-order chi connectivity index (χ0) is 14.8. The molecule has 2 nitrogen and oxygen atoms in total. The fourth-order valence-electron chi connectivity index (χ4n) is 2.01. The molecule has 20 heavy (non-hydrogen) atoms. The standard InChI is InChI=1S/C14H16F3NOS/c1-20-9-13(19)18(12-6-7-12)8-10-2-4-11(5-3-10)14(15,16)17/h2-5,12H,6-9H2,1H3. The molecule has 1 aliphatic carbocycles. The maximum Gasteiger partial charge on any atom is 0.416 e. The highest BCUT2D eigenvalue weighted by molar-refractivity contribution is 7.99. The molecule has 0 aromatic heterocycles. The van der Waals surface area contributed by atoms with E-state index in [2.05, 4.69) is 0 Å². The zero-order valence-electron chi connectivity index (χ0n) is 11.1. The lowest BCUT2D eigenvalue weighted by molar-refractivity contribution is -0.137. The van der Waals surface area contributed by atoms with Gasteiger partial charge in [-0.1, -0.05) is 12.1 Å². The first kappa shape index (κ1) is 15.2. The van der Waals surface area contributed by atoms with Crippen molar-refractivity contribution in [1.82, 2.24) is 4.90 Å². The van der Waals surface area contributed by atoms with Crippen LogP contribution in [0.2, 0.25) is 0 Å². The summed E-state index contributed by atoms with van der Waals surface area (Å²) in [7, 11) is 0. The van der Waals surface area contributed by atoms with Gasteiger partial charge in [-0.05, 0) is 36.8 Å². The van der Waals surface area contributed by atoms with Crippen LogP contribution in [0.15, 0.2) is 24.3 Å². The predicted molar refractivity (Wildman–Crippen MR) is 73.4 cm³/mol. The van der Waals surface area contributed by atoms with Gasteiger partial charge < -0.3 is 4.90 Å². The van der Waals surface area contributed by atoms with Crippen LogP contribution in [-0.2, 0) is 17.5 Å². The van der Waals surface area contributed by atoms with Crippen LogP contribution in [0.25, 0.3) is 0 Å². The van der Waals surface area contributed by atoms with Crippen LogP contribution in [0.5, 0.6) is 0 Å². The van der Waals surface area contributed by atoms with Crippen LogP contribution >= 0.6 is 11.8 Å². The van der Waals surface area contributed by atoms with Crippen LogP contribution < -0.4 is 0 Å². The lowest BCUT2D eigenvalue weighted by Crippen LogP contribution is -2.33. The van der Waals surface area contributed by atoms with Crippen molar-refractivity contribution in [2.45, 2.75) is 31.6 Å². The van der Waals surface area contributed by atoms with Gasteiger partial charge in [0.25, 0.3) is 0 Å². The van der Waals surface area contributed by atoms with Gasteiger partial charge >= 0.3 is 6.18 Å². The molecule has 1 aliphatic rings. The number of rotatable bonds is 5. The number of alkyl halides is 3.